The molecule has 0 N–H and O–H groups in total. The molecule has 0 fully saturated rings. The van der Waals surface area contributed by atoms with Gasteiger partial charge in [0.25, 0.3) is 0 Å². The first kappa shape index (κ1) is 32.3. The predicted octanol–water partition coefficient (Wildman–Crippen LogP) is 12.1. The first-order chi connectivity index (χ1) is 27.5. The first-order valence-electron chi connectivity index (χ1n) is 19.3. The Bertz CT molecular complexity index is 3080. The summed E-state index contributed by atoms with van der Waals surface area (Å²) in [7, 11) is 0. The SMILES string of the molecule is Cc1ccc(-c2cc3cc4c(cc(-c5ccc(C)cc5)n4-c4ccc(-c5cn6ccccc6n5)cc4)cc3n2-c2ccc(-c3cn4c(n3)CCC=C4)cc2)cc1. The van der Waals surface area contributed by atoms with E-state index in [1.807, 2.05) is 24.4 Å². The van der Waals surface area contributed by atoms with Crippen molar-refractivity contribution in [3.8, 4) is 56.4 Å². The van der Waals surface area contributed by atoms with Crippen LogP contribution in [0, 0.1) is 13.8 Å². The number of allylic oxidation sites excluding steroid dienone is 1. The van der Waals surface area contributed by atoms with Gasteiger partial charge in [-0.25, -0.2) is 9.97 Å². The van der Waals surface area contributed by atoms with Crippen LogP contribution in [0.1, 0.15) is 23.4 Å². The van der Waals surface area contributed by atoms with E-state index >= 15 is 0 Å². The average molecular weight is 723 g/mol. The molecule has 56 heavy (non-hydrogen) atoms. The molecule has 0 radical (unpaired) electrons. The van der Waals surface area contributed by atoms with E-state index in [9.17, 15) is 0 Å². The number of hydrogen-bond acceptors (Lipinski definition) is 2. The summed E-state index contributed by atoms with van der Waals surface area (Å²) >= 11 is 0. The molecule has 5 aromatic heterocycles. The molecule has 0 spiro atoms. The zero-order valence-corrected chi connectivity index (χ0v) is 31.3. The second kappa shape index (κ2) is 12.7. The minimum atomic E-state index is 0.940. The Morgan fingerprint density at radius 1 is 0.518 bits per heavy atom. The van der Waals surface area contributed by atoms with Crippen LogP contribution in [0.3, 0.4) is 0 Å². The van der Waals surface area contributed by atoms with Gasteiger partial charge in [-0.2, -0.15) is 0 Å². The zero-order chi connectivity index (χ0) is 37.3. The number of pyridine rings is 1. The highest BCUT2D eigenvalue weighted by Crippen LogP contribution is 2.39. The summed E-state index contributed by atoms with van der Waals surface area (Å²) in [4.78, 5) is 9.84. The van der Waals surface area contributed by atoms with E-state index in [1.54, 1.807) is 0 Å². The summed E-state index contributed by atoms with van der Waals surface area (Å²) in [5, 5.41) is 2.36. The molecule has 0 bridgehead atoms. The van der Waals surface area contributed by atoms with Crippen molar-refractivity contribution in [1.29, 1.82) is 0 Å². The van der Waals surface area contributed by atoms with Gasteiger partial charge in [0.05, 0.1) is 33.8 Å². The van der Waals surface area contributed by atoms with Gasteiger partial charge in [0.15, 0.2) is 0 Å². The molecule has 5 aromatic carbocycles. The third-order valence-corrected chi connectivity index (χ3v) is 11.2. The maximum atomic E-state index is 4.96. The van der Waals surface area contributed by atoms with Crippen LogP contribution in [0.15, 0.2) is 164 Å². The Kier molecular flexibility index (Phi) is 7.32. The van der Waals surface area contributed by atoms with E-state index in [4.69, 9.17) is 9.97 Å². The smallest absolute Gasteiger partial charge is 0.137 e. The summed E-state index contributed by atoms with van der Waals surface area (Å²) in [6.45, 7) is 4.28. The van der Waals surface area contributed by atoms with Crippen LogP contribution in [0.2, 0.25) is 0 Å². The predicted molar refractivity (Wildman–Crippen MR) is 230 cm³/mol. The normalized spacial score (nSPS) is 12.6. The lowest BCUT2D eigenvalue weighted by molar-refractivity contribution is 0.838. The fourth-order valence-electron chi connectivity index (χ4n) is 8.26. The van der Waals surface area contributed by atoms with Crippen LogP contribution in [-0.4, -0.2) is 28.1 Å². The topological polar surface area (TPSA) is 45.0 Å². The highest BCUT2D eigenvalue weighted by molar-refractivity contribution is 6.02. The van der Waals surface area contributed by atoms with Gasteiger partial charge >= 0.3 is 0 Å². The molecule has 1 aliphatic heterocycles. The fraction of sp³-hybridized carbons (Fsp3) is 0.0800. The van der Waals surface area contributed by atoms with Crippen molar-refractivity contribution in [3.05, 3.63) is 181 Å². The summed E-state index contributed by atoms with van der Waals surface area (Å²) in [6, 6.07) is 50.9. The Labute approximate surface area is 324 Å². The van der Waals surface area contributed by atoms with Gasteiger partial charge in [-0.05, 0) is 92.1 Å². The minimum absolute atomic E-state index is 0.940. The van der Waals surface area contributed by atoms with Crippen molar-refractivity contribution in [2.75, 3.05) is 0 Å². The summed E-state index contributed by atoms with van der Waals surface area (Å²) in [6.07, 6.45) is 12.6. The van der Waals surface area contributed by atoms with Crippen LogP contribution in [-0.2, 0) is 6.42 Å². The van der Waals surface area contributed by atoms with Gasteiger partial charge < -0.3 is 18.1 Å². The molecule has 0 unspecified atom stereocenters. The van der Waals surface area contributed by atoms with Crippen LogP contribution in [0.5, 0.6) is 0 Å². The lowest BCUT2D eigenvalue weighted by Crippen LogP contribution is -1.99. The second-order valence-corrected chi connectivity index (χ2v) is 15.0. The monoisotopic (exact) mass is 722 g/mol. The maximum absolute atomic E-state index is 4.96. The van der Waals surface area contributed by atoms with E-state index in [-0.39, 0.29) is 0 Å². The Balaban J connectivity index is 1.08. The van der Waals surface area contributed by atoms with Crippen LogP contribution < -0.4 is 0 Å². The van der Waals surface area contributed by atoms with E-state index < -0.39 is 0 Å². The molecule has 6 heterocycles. The van der Waals surface area contributed by atoms with Crippen molar-refractivity contribution in [2.24, 2.45) is 0 Å². The van der Waals surface area contributed by atoms with Crippen molar-refractivity contribution in [2.45, 2.75) is 26.7 Å². The maximum Gasteiger partial charge on any atom is 0.137 e. The van der Waals surface area contributed by atoms with Gasteiger partial charge in [-0.15, -0.1) is 0 Å². The Hall–Kier alpha value is -7.18. The molecule has 0 amide bonds. The van der Waals surface area contributed by atoms with Gasteiger partial charge in [-0.3, -0.25) is 0 Å². The van der Waals surface area contributed by atoms with E-state index in [0.29, 0.717) is 0 Å². The van der Waals surface area contributed by atoms with E-state index in [0.717, 1.165) is 75.1 Å². The molecule has 6 heteroatoms. The van der Waals surface area contributed by atoms with Crippen LogP contribution in [0.25, 0.3) is 90.1 Å². The number of benzene rings is 5. The van der Waals surface area contributed by atoms with Crippen molar-refractivity contribution in [1.82, 2.24) is 28.1 Å². The quantitative estimate of drug-likeness (QED) is 0.172. The molecule has 0 saturated carbocycles. The largest absolute Gasteiger partial charge is 0.310 e. The summed E-state index contributed by atoms with van der Waals surface area (Å²) in [5.74, 6) is 1.12. The minimum Gasteiger partial charge on any atom is -0.310 e. The number of hydrogen-bond donors (Lipinski definition) is 0. The van der Waals surface area contributed by atoms with Crippen LogP contribution >= 0.6 is 0 Å². The number of aryl methyl sites for hydroxylation is 3. The molecule has 11 rings (SSSR count). The Morgan fingerprint density at radius 2 is 1.05 bits per heavy atom. The van der Waals surface area contributed by atoms with Crippen LogP contribution in [0.4, 0.5) is 0 Å². The molecular weight excluding hydrogens is 685 g/mol. The van der Waals surface area contributed by atoms with Gasteiger partial charge in [0.1, 0.15) is 11.5 Å². The van der Waals surface area contributed by atoms with Gasteiger partial charge in [0.2, 0.25) is 0 Å². The number of imidazole rings is 2. The average Bonchev–Trinajstić information content (AvgIpc) is 4.03. The standard InChI is InChI=1S/C50H38N6/c1-33-9-13-37(14-10-33)45-27-39-29-48-40(30-47(39)55(45)41-21-17-35(18-22-41)43-31-53-25-5-3-7-49(53)51-43)28-46(38-15-11-34(2)12-16-38)56(48)42-23-19-36(20-24-42)44-32-54-26-6-4-8-50(54)52-44/h3,5-7,9-32H,4,8H2,1-2H3. The van der Waals surface area contributed by atoms with Crippen molar-refractivity contribution < 1.29 is 0 Å². The summed E-state index contributed by atoms with van der Waals surface area (Å²) in [5.41, 5.74) is 16.8. The molecule has 0 aliphatic carbocycles. The highest BCUT2D eigenvalue weighted by Gasteiger charge is 2.19. The zero-order valence-electron chi connectivity index (χ0n) is 31.3. The fourth-order valence-corrected chi connectivity index (χ4v) is 8.26. The Morgan fingerprint density at radius 3 is 1.59 bits per heavy atom. The second-order valence-electron chi connectivity index (χ2n) is 15.0. The molecule has 6 nitrogen and oxygen atoms in total. The first-order valence-corrected chi connectivity index (χ1v) is 19.3. The lowest BCUT2D eigenvalue weighted by atomic mass is 10.1. The highest BCUT2D eigenvalue weighted by atomic mass is 15.1. The number of nitrogens with zero attached hydrogens (tertiary/aromatic N) is 6. The third kappa shape index (κ3) is 5.41. The van der Waals surface area contributed by atoms with Gasteiger partial charge in [0, 0.05) is 64.5 Å². The molecular formula is C50H38N6. The summed E-state index contributed by atoms with van der Waals surface area (Å²) < 4.78 is 9.04. The van der Waals surface area contributed by atoms with Crippen molar-refractivity contribution >= 4 is 33.7 Å². The lowest BCUT2D eigenvalue weighted by Gasteiger charge is -2.13. The number of fused-ring (bicyclic) bond motifs is 4. The van der Waals surface area contributed by atoms with E-state index in [2.05, 4.69) is 178 Å². The van der Waals surface area contributed by atoms with E-state index in [1.165, 1.54) is 38.5 Å². The molecule has 10 aromatic rings. The molecule has 0 saturated heterocycles. The number of aromatic nitrogens is 6. The third-order valence-electron chi connectivity index (χ3n) is 11.2. The van der Waals surface area contributed by atoms with Gasteiger partial charge in [-0.1, -0.05) is 96.1 Å². The number of rotatable bonds is 6. The molecule has 268 valence electrons. The molecule has 0 atom stereocenters. The molecule has 1 aliphatic rings. The van der Waals surface area contributed by atoms with Crippen molar-refractivity contribution in [3.63, 3.8) is 0 Å².